The summed E-state index contributed by atoms with van der Waals surface area (Å²) in [4.78, 5) is 0. The van der Waals surface area contributed by atoms with Gasteiger partial charge in [0.2, 0.25) is 0 Å². The summed E-state index contributed by atoms with van der Waals surface area (Å²) in [6.45, 7) is 6.24. The molecule has 0 aromatic heterocycles. The molecule has 0 aromatic carbocycles. The quantitative estimate of drug-likeness (QED) is 0.769. The molecule has 108 valence electrons. The van der Waals surface area contributed by atoms with Gasteiger partial charge in [-0.3, -0.25) is 0 Å². The molecule has 0 saturated heterocycles. The van der Waals surface area contributed by atoms with E-state index < -0.39 is 15.4 Å². The van der Waals surface area contributed by atoms with Crippen LogP contribution >= 0.6 is 0 Å². The zero-order valence-corrected chi connectivity index (χ0v) is 12.6. The Hall–Kier alpha value is -0.130. The van der Waals surface area contributed by atoms with Crippen molar-refractivity contribution in [3.05, 3.63) is 0 Å². The number of hydrogen-bond donors (Lipinski definition) is 2. The van der Waals surface area contributed by atoms with Crippen LogP contribution in [-0.2, 0) is 9.84 Å². The Bertz CT molecular complexity index is 345. The van der Waals surface area contributed by atoms with Gasteiger partial charge < -0.3 is 10.4 Å². The van der Waals surface area contributed by atoms with E-state index >= 15 is 0 Å². The fourth-order valence-electron chi connectivity index (χ4n) is 2.40. The standard InChI is InChI=1S/C13H27NO3S/c1-4-18(16,17)9-12(3)14-10-13(15)7-5-11(2)6-8-13/h11-12,14-15H,4-10H2,1-3H3. The maximum Gasteiger partial charge on any atom is 0.151 e. The Balaban J connectivity index is 2.36. The summed E-state index contributed by atoms with van der Waals surface area (Å²) in [6.07, 6.45) is 3.74. The Morgan fingerprint density at radius 1 is 1.39 bits per heavy atom. The molecule has 4 nitrogen and oxygen atoms in total. The van der Waals surface area contributed by atoms with E-state index in [0.717, 1.165) is 25.7 Å². The third-order valence-corrected chi connectivity index (χ3v) is 5.82. The topological polar surface area (TPSA) is 66.4 Å². The second-order valence-electron chi connectivity index (χ2n) is 5.89. The average Bonchev–Trinajstić information content (AvgIpc) is 2.31. The zero-order valence-electron chi connectivity index (χ0n) is 11.8. The van der Waals surface area contributed by atoms with Crippen molar-refractivity contribution in [3.63, 3.8) is 0 Å². The van der Waals surface area contributed by atoms with E-state index in [1.165, 1.54) is 0 Å². The molecule has 0 aliphatic heterocycles. The van der Waals surface area contributed by atoms with Crippen LogP contribution < -0.4 is 5.32 Å². The van der Waals surface area contributed by atoms with Gasteiger partial charge in [0.05, 0.1) is 11.4 Å². The highest BCUT2D eigenvalue weighted by Gasteiger charge is 2.31. The lowest BCUT2D eigenvalue weighted by Gasteiger charge is -2.35. The molecular formula is C13H27NO3S. The average molecular weight is 277 g/mol. The number of rotatable bonds is 6. The van der Waals surface area contributed by atoms with E-state index in [1.54, 1.807) is 6.92 Å². The summed E-state index contributed by atoms with van der Waals surface area (Å²) < 4.78 is 23.0. The molecule has 0 heterocycles. The molecule has 18 heavy (non-hydrogen) atoms. The summed E-state index contributed by atoms with van der Waals surface area (Å²) >= 11 is 0. The van der Waals surface area contributed by atoms with Gasteiger partial charge in [0, 0.05) is 18.3 Å². The van der Waals surface area contributed by atoms with Gasteiger partial charge in [0.1, 0.15) is 0 Å². The smallest absolute Gasteiger partial charge is 0.151 e. The van der Waals surface area contributed by atoms with Gasteiger partial charge in [-0.15, -0.1) is 0 Å². The summed E-state index contributed by atoms with van der Waals surface area (Å²) in [7, 11) is -2.94. The first-order valence-corrected chi connectivity index (χ1v) is 8.75. The van der Waals surface area contributed by atoms with E-state index in [9.17, 15) is 13.5 Å². The van der Waals surface area contributed by atoms with Crippen molar-refractivity contribution < 1.29 is 13.5 Å². The van der Waals surface area contributed by atoms with Crippen molar-refractivity contribution in [2.45, 2.75) is 58.1 Å². The van der Waals surface area contributed by atoms with E-state index in [1.807, 2.05) is 6.92 Å². The molecule has 5 heteroatoms. The van der Waals surface area contributed by atoms with Gasteiger partial charge in [-0.25, -0.2) is 8.42 Å². The molecule has 0 aromatic rings. The zero-order chi connectivity index (χ0) is 13.8. The molecular weight excluding hydrogens is 250 g/mol. The maximum absolute atomic E-state index is 11.5. The lowest BCUT2D eigenvalue weighted by Crippen LogP contribution is -2.47. The molecule has 1 aliphatic carbocycles. The Morgan fingerprint density at radius 3 is 2.44 bits per heavy atom. The minimum absolute atomic E-state index is 0.0988. The van der Waals surface area contributed by atoms with Crippen LogP contribution in [0.2, 0.25) is 0 Å². The molecule has 1 rings (SSSR count). The third kappa shape index (κ3) is 5.24. The fraction of sp³-hybridized carbons (Fsp3) is 1.00. The fourth-order valence-corrected chi connectivity index (χ4v) is 3.51. The molecule has 1 fully saturated rings. The predicted octanol–water partition coefficient (Wildman–Crippen LogP) is 1.34. The summed E-state index contributed by atoms with van der Waals surface area (Å²) in [5, 5.41) is 13.6. The Morgan fingerprint density at radius 2 is 1.94 bits per heavy atom. The highest BCUT2D eigenvalue weighted by Crippen LogP contribution is 2.31. The first kappa shape index (κ1) is 15.9. The van der Waals surface area contributed by atoms with Crippen LogP contribution in [0.5, 0.6) is 0 Å². The molecule has 2 N–H and O–H groups in total. The molecule has 1 aliphatic rings. The number of sulfone groups is 1. The highest BCUT2D eigenvalue weighted by atomic mass is 32.2. The summed E-state index contributed by atoms with van der Waals surface area (Å²) in [6, 6.07) is -0.0988. The van der Waals surface area contributed by atoms with E-state index in [-0.39, 0.29) is 17.5 Å². The third-order valence-electron chi connectivity index (χ3n) is 3.93. The largest absolute Gasteiger partial charge is 0.389 e. The van der Waals surface area contributed by atoms with Crippen LogP contribution in [0, 0.1) is 5.92 Å². The molecule has 0 spiro atoms. The van der Waals surface area contributed by atoms with Gasteiger partial charge >= 0.3 is 0 Å². The van der Waals surface area contributed by atoms with Crippen LogP contribution in [0.4, 0.5) is 0 Å². The second kappa shape index (κ2) is 6.35. The Labute approximate surface area is 111 Å². The van der Waals surface area contributed by atoms with E-state index in [2.05, 4.69) is 12.2 Å². The van der Waals surface area contributed by atoms with Gasteiger partial charge in [-0.05, 0) is 38.5 Å². The van der Waals surface area contributed by atoms with Gasteiger partial charge in [-0.1, -0.05) is 13.8 Å². The Kier molecular flexibility index (Phi) is 5.62. The van der Waals surface area contributed by atoms with E-state index in [0.29, 0.717) is 12.5 Å². The van der Waals surface area contributed by atoms with Crippen molar-refractivity contribution >= 4 is 9.84 Å². The van der Waals surface area contributed by atoms with Crippen LogP contribution in [0.15, 0.2) is 0 Å². The van der Waals surface area contributed by atoms with Gasteiger partial charge in [-0.2, -0.15) is 0 Å². The maximum atomic E-state index is 11.5. The highest BCUT2D eigenvalue weighted by molar-refractivity contribution is 7.91. The summed E-state index contributed by atoms with van der Waals surface area (Å²) in [5.74, 6) is 1.03. The lowest BCUT2D eigenvalue weighted by atomic mass is 9.79. The molecule has 0 bridgehead atoms. The second-order valence-corrected chi connectivity index (χ2v) is 8.29. The van der Waals surface area contributed by atoms with E-state index in [4.69, 9.17) is 0 Å². The normalized spacial score (nSPS) is 31.2. The van der Waals surface area contributed by atoms with Crippen molar-refractivity contribution in [2.24, 2.45) is 5.92 Å². The SMILES string of the molecule is CCS(=O)(=O)CC(C)NCC1(O)CCC(C)CC1. The van der Waals surface area contributed by atoms with Crippen molar-refractivity contribution in [3.8, 4) is 0 Å². The molecule has 1 saturated carbocycles. The van der Waals surface area contributed by atoms with Gasteiger partial charge in [0.15, 0.2) is 9.84 Å². The first-order valence-electron chi connectivity index (χ1n) is 6.92. The molecule has 1 unspecified atom stereocenters. The summed E-state index contributed by atoms with van der Waals surface area (Å²) in [5.41, 5.74) is -0.642. The molecule has 0 amide bonds. The molecule has 1 atom stereocenters. The number of aliphatic hydroxyl groups is 1. The van der Waals surface area contributed by atoms with Gasteiger partial charge in [0.25, 0.3) is 0 Å². The van der Waals surface area contributed by atoms with Crippen LogP contribution in [0.25, 0.3) is 0 Å². The monoisotopic (exact) mass is 277 g/mol. The first-order chi connectivity index (χ1) is 8.26. The van der Waals surface area contributed by atoms with Crippen LogP contribution in [0.1, 0.15) is 46.5 Å². The predicted molar refractivity (Wildman–Crippen MR) is 74.4 cm³/mol. The van der Waals surface area contributed by atoms with Crippen molar-refractivity contribution in [1.82, 2.24) is 5.32 Å². The van der Waals surface area contributed by atoms with Crippen molar-refractivity contribution in [2.75, 3.05) is 18.1 Å². The molecule has 0 radical (unpaired) electrons. The minimum Gasteiger partial charge on any atom is -0.389 e. The lowest BCUT2D eigenvalue weighted by molar-refractivity contribution is -0.00736. The van der Waals surface area contributed by atoms with Crippen LogP contribution in [0.3, 0.4) is 0 Å². The minimum atomic E-state index is -2.94. The number of nitrogens with one attached hydrogen (secondary N) is 1. The van der Waals surface area contributed by atoms with Crippen LogP contribution in [-0.4, -0.2) is 43.2 Å². The van der Waals surface area contributed by atoms with Crippen molar-refractivity contribution in [1.29, 1.82) is 0 Å². The number of hydrogen-bond acceptors (Lipinski definition) is 4.